The van der Waals surface area contributed by atoms with E-state index < -0.39 is 5.92 Å². The van der Waals surface area contributed by atoms with Crippen molar-refractivity contribution in [1.82, 2.24) is 10.3 Å². The zero-order chi connectivity index (χ0) is 25.1. The van der Waals surface area contributed by atoms with Gasteiger partial charge in [-0.15, -0.1) is 0 Å². The number of hydrogen-bond donors (Lipinski definition) is 2. The number of fused-ring (bicyclic) bond motifs is 1. The number of nitrogens with one attached hydrogen (secondary N) is 2. The van der Waals surface area contributed by atoms with Crippen molar-refractivity contribution in [3.8, 4) is 11.5 Å². The van der Waals surface area contributed by atoms with Crippen molar-refractivity contribution in [2.24, 2.45) is 0 Å². The van der Waals surface area contributed by atoms with Gasteiger partial charge < -0.3 is 15.1 Å². The second kappa shape index (κ2) is 10.3. The Kier molecular flexibility index (Phi) is 6.80. The lowest BCUT2D eigenvalue weighted by Crippen LogP contribution is -2.38. The van der Waals surface area contributed by atoms with E-state index in [9.17, 15) is 4.79 Å². The van der Waals surface area contributed by atoms with Crippen LogP contribution in [0, 0.1) is 6.92 Å². The Balaban J connectivity index is 1.36. The van der Waals surface area contributed by atoms with Gasteiger partial charge >= 0.3 is 0 Å². The lowest BCUT2D eigenvalue weighted by Gasteiger charge is -2.19. The van der Waals surface area contributed by atoms with Crippen molar-refractivity contribution in [2.45, 2.75) is 12.8 Å². The molecular weight excluding hydrogens is 490 g/mol. The number of amides is 1. The Bertz CT molecular complexity index is 1510. The minimum Gasteiger partial charge on any atom is -0.436 e. The summed E-state index contributed by atoms with van der Waals surface area (Å²) in [4.78, 5) is 17.9. The average Bonchev–Trinajstić information content (AvgIpc) is 3.30. The Hall–Kier alpha value is -4.00. The number of aromatic nitrogens is 1. The van der Waals surface area contributed by atoms with Gasteiger partial charge in [0.1, 0.15) is 5.52 Å². The maximum Gasteiger partial charge on any atom is 0.238 e. The molecule has 0 aliphatic carbocycles. The largest absolute Gasteiger partial charge is 0.436 e. The highest BCUT2D eigenvalue weighted by Crippen LogP contribution is 2.31. The summed E-state index contributed by atoms with van der Waals surface area (Å²) in [6.07, 6.45) is 0. The van der Waals surface area contributed by atoms with E-state index in [1.54, 1.807) is 12.1 Å². The summed E-state index contributed by atoms with van der Waals surface area (Å²) in [5, 5.41) is 6.47. The van der Waals surface area contributed by atoms with Crippen molar-refractivity contribution in [1.29, 1.82) is 0 Å². The third kappa shape index (κ3) is 5.15. The van der Waals surface area contributed by atoms with Gasteiger partial charge in [-0.1, -0.05) is 78.3 Å². The molecule has 36 heavy (non-hydrogen) atoms. The molecule has 1 heterocycles. The number of halogens is 1. The van der Waals surface area contributed by atoms with E-state index in [0.717, 1.165) is 27.8 Å². The van der Waals surface area contributed by atoms with Crippen molar-refractivity contribution in [3.05, 3.63) is 119 Å². The minimum absolute atomic E-state index is 0.143. The topological polar surface area (TPSA) is 67.2 Å². The van der Waals surface area contributed by atoms with Crippen LogP contribution in [-0.2, 0) is 4.79 Å². The molecule has 0 aliphatic rings. The van der Waals surface area contributed by atoms with Gasteiger partial charge in [-0.05, 0) is 66.2 Å². The van der Waals surface area contributed by atoms with E-state index in [1.165, 1.54) is 0 Å². The van der Waals surface area contributed by atoms with Crippen LogP contribution in [-0.4, -0.2) is 16.0 Å². The van der Waals surface area contributed by atoms with Crippen molar-refractivity contribution >= 4 is 51.6 Å². The first kappa shape index (κ1) is 23.7. The van der Waals surface area contributed by atoms with Gasteiger partial charge in [-0.25, -0.2) is 4.98 Å². The van der Waals surface area contributed by atoms with E-state index in [-0.39, 0.29) is 11.0 Å². The van der Waals surface area contributed by atoms with Gasteiger partial charge in [0.25, 0.3) is 0 Å². The van der Waals surface area contributed by atoms with Gasteiger partial charge in [-0.3, -0.25) is 4.79 Å². The first-order valence-electron chi connectivity index (χ1n) is 11.4. The molecule has 7 heteroatoms. The molecule has 0 saturated heterocycles. The van der Waals surface area contributed by atoms with E-state index in [0.29, 0.717) is 22.2 Å². The van der Waals surface area contributed by atoms with Crippen LogP contribution in [0.2, 0.25) is 5.02 Å². The molecule has 0 aliphatic heterocycles. The molecule has 0 bridgehead atoms. The normalized spacial score (nSPS) is 11.0. The highest BCUT2D eigenvalue weighted by Gasteiger charge is 2.23. The first-order chi connectivity index (χ1) is 17.5. The SMILES string of the molecule is Cc1ccc2nc(-c3ccc(Cl)c(NC(=S)NC(=O)C(c4ccccc4)c4ccccc4)c3)oc2c1. The van der Waals surface area contributed by atoms with Gasteiger partial charge in [0.2, 0.25) is 11.8 Å². The summed E-state index contributed by atoms with van der Waals surface area (Å²) in [7, 11) is 0. The summed E-state index contributed by atoms with van der Waals surface area (Å²) >= 11 is 11.9. The summed E-state index contributed by atoms with van der Waals surface area (Å²) in [6.45, 7) is 2.00. The molecule has 0 fully saturated rings. The van der Waals surface area contributed by atoms with Gasteiger partial charge in [0.05, 0.1) is 16.6 Å². The molecule has 178 valence electrons. The van der Waals surface area contributed by atoms with E-state index in [2.05, 4.69) is 15.6 Å². The molecule has 1 aromatic heterocycles. The second-order valence-corrected chi connectivity index (χ2v) is 9.20. The average molecular weight is 512 g/mol. The lowest BCUT2D eigenvalue weighted by molar-refractivity contribution is -0.120. The lowest BCUT2D eigenvalue weighted by atomic mass is 9.90. The molecule has 5 rings (SSSR count). The zero-order valence-corrected chi connectivity index (χ0v) is 20.9. The molecule has 2 N–H and O–H groups in total. The quantitative estimate of drug-likeness (QED) is 0.246. The van der Waals surface area contributed by atoms with Crippen LogP contribution in [0.1, 0.15) is 22.6 Å². The predicted molar refractivity (Wildman–Crippen MR) is 148 cm³/mol. The molecular formula is C29H22ClN3O2S. The number of rotatable bonds is 5. The number of nitrogens with zero attached hydrogens (tertiary/aromatic N) is 1. The van der Waals surface area contributed by atoms with Crippen LogP contribution < -0.4 is 10.6 Å². The molecule has 0 atom stereocenters. The zero-order valence-electron chi connectivity index (χ0n) is 19.4. The van der Waals surface area contributed by atoms with Crippen LogP contribution in [0.3, 0.4) is 0 Å². The Morgan fingerprint density at radius 3 is 2.25 bits per heavy atom. The summed E-state index contributed by atoms with van der Waals surface area (Å²) in [5.41, 5.74) is 5.59. The molecule has 5 aromatic rings. The number of anilines is 1. The second-order valence-electron chi connectivity index (χ2n) is 8.38. The van der Waals surface area contributed by atoms with Crippen LogP contribution in [0.15, 0.2) is 101 Å². The third-order valence-electron chi connectivity index (χ3n) is 5.77. The fourth-order valence-electron chi connectivity index (χ4n) is 4.03. The number of hydrogen-bond acceptors (Lipinski definition) is 4. The molecule has 0 spiro atoms. The number of benzene rings is 4. The summed E-state index contributed by atoms with van der Waals surface area (Å²) < 4.78 is 5.94. The van der Waals surface area contributed by atoms with Gasteiger partial charge in [0.15, 0.2) is 10.7 Å². The molecule has 0 saturated carbocycles. The molecule has 0 radical (unpaired) electrons. The highest BCUT2D eigenvalue weighted by molar-refractivity contribution is 7.80. The Labute approximate surface area is 219 Å². The summed E-state index contributed by atoms with van der Waals surface area (Å²) in [6, 6.07) is 30.4. The van der Waals surface area contributed by atoms with Crippen LogP contribution in [0.4, 0.5) is 5.69 Å². The van der Waals surface area contributed by atoms with Crippen molar-refractivity contribution < 1.29 is 9.21 Å². The minimum atomic E-state index is -0.517. The number of aryl methyl sites for hydroxylation is 1. The van der Waals surface area contributed by atoms with Crippen LogP contribution >= 0.6 is 23.8 Å². The molecule has 5 nitrogen and oxygen atoms in total. The Morgan fingerprint density at radius 2 is 1.58 bits per heavy atom. The first-order valence-corrected chi connectivity index (χ1v) is 12.2. The number of carbonyl (C=O) groups is 1. The van der Waals surface area contributed by atoms with E-state index >= 15 is 0 Å². The van der Waals surface area contributed by atoms with E-state index in [1.807, 2.05) is 91.9 Å². The van der Waals surface area contributed by atoms with E-state index in [4.69, 9.17) is 28.2 Å². The van der Waals surface area contributed by atoms with Crippen LogP contribution in [0.25, 0.3) is 22.6 Å². The van der Waals surface area contributed by atoms with Gasteiger partial charge in [-0.2, -0.15) is 0 Å². The maximum absolute atomic E-state index is 13.3. The standard InChI is InChI=1S/C29H22ClN3O2S/c1-18-12-15-23-25(16-18)35-28(31-23)21-13-14-22(30)24(17-21)32-29(36)33-27(34)26(19-8-4-2-5-9-19)20-10-6-3-7-11-20/h2-17,26H,1H3,(H2,32,33,34,36). The molecule has 4 aromatic carbocycles. The predicted octanol–water partition coefficient (Wildman–Crippen LogP) is 7.10. The Morgan fingerprint density at radius 1 is 0.917 bits per heavy atom. The van der Waals surface area contributed by atoms with Crippen molar-refractivity contribution in [2.75, 3.05) is 5.32 Å². The smallest absolute Gasteiger partial charge is 0.238 e. The highest BCUT2D eigenvalue weighted by atomic mass is 35.5. The number of oxazole rings is 1. The maximum atomic E-state index is 13.3. The summed E-state index contributed by atoms with van der Waals surface area (Å²) in [5.74, 6) is -0.290. The fourth-order valence-corrected chi connectivity index (χ4v) is 4.41. The fraction of sp³-hybridized carbons (Fsp3) is 0.0690. The van der Waals surface area contributed by atoms with Crippen LogP contribution in [0.5, 0.6) is 0 Å². The number of thiocarbonyl (C=S) groups is 1. The monoisotopic (exact) mass is 511 g/mol. The molecule has 0 unspecified atom stereocenters. The molecule has 1 amide bonds. The van der Waals surface area contributed by atoms with Gasteiger partial charge in [0, 0.05) is 5.56 Å². The third-order valence-corrected chi connectivity index (χ3v) is 6.30. The van der Waals surface area contributed by atoms with Crippen molar-refractivity contribution in [3.63, 3.8) is 0 Å². The number of carbonyl (C=O) groups excluding carboxylic acids is 1.